The fourth-order valence-electron chi connectivity index (χ4n) is 3.95. The predicted molar refractivity (Wildman–Crippen MR) is 133 cm³/mol. The standard InChI is InChI=1S/C27H24N2O3Si/c1-33(21-10-4-2-5-11-21,22-12-6-3-7-13-22)17-16-26(30)29-25(27(31)32)18-20-19-28-24-15-9-8-14-23(20)24/h2-15,19,25,28H,18H2,1H3,(H,29,30)(H,31,32). The lowest BCUT2D eigenvalue weighted by molar-refractivity contribution is -0.141. The Morgan fingerprint density at radius 2 is 1.52 bits per heavy atom. The van der Waals surface area contributed by atoms with Crippen LogP contribution in [-0.2, 0) is 16.0 Å². The van der Waals surface area contributed by atoms with Crippen molar-refractivity contribution in [3.8, 4) is 11.5 Å². The van der Waals surface area contributed by atoms with Gasteiger partial charge in [0.25, 0.3) is 5.91 Å². The minimum Gasteiger partial charge on any atom is -0.480 e. The van der Waals surface area contributed by atoms with E-state index in [-0.39, 0.29) is 6.42 Å². The molecule has 1 heterocycles. The molecule has 33 heavy (non-hydrogen) atoms. The maximum Gasteiger partial charge on any atom is 0.326 e. The molecule has 0 bridgehead atoms. The van der Waals surface area contributed by atoms with Crippen molar-refractivity contribution in [2.45, 2.75) is 19.0 Å². The number of nitrogens with one attached hydrogen (secondary N) is 2. The number of fused-ring (bicyclic) bond motifs is 1. The zero-order valence-electron chi connectivity index (χ0n) is 18.2. The molecule has 4 aromatic rings. The first-order valence-corrected chi connectivity index (χ1v) is 13.2. The third-order valence-corrected chi connectivity index (χ3v) is 9.43. The second kappa shape index (κ2) is 9.59. The van der Waals surface area contributed by atoms with Crippen molar-refractivity contribution in [3.05, 3.63) is 96.7 Å². The summed E-state index contributed by atoms with van der Waals surface area (Å²) in [6.45, 7) is 2.10. The number of aromatic nitrogens is 1. The summed E-state index contributed by atoms with van der Waals surface area (Å²) in [5.74, 6) is 1.03. The summed E-state index contributed by atoms with van der Waals surface area (Å²) in [5.41, 5.74) is 5.00. The Balaban J connectivity index is 1.58. The van der Waals surface area contributed by atoms with Crippen molar-refractivity contribution in [2.24, 2.45) is 0 Å². The van der Waals surface area contributed by atoms with Crippen LogP contribution in [0.25, 0.3) is 10.9 Å². The van der Waals surface area contributed by atoms with E-state index < -0.39 is 26.0 Å². The number of rotatable bonds is 6. The van der Waals surface area contributed by atoms with Gasteiger partial charge in [-0.1, -0.05) is 85.4 Å². The lowest BCUT2D eigenvalue weighted by Gasteiger charge is -2.22. The number of amides is 1. The second-order valence-electron chi connectivity index (χ2n) is 8.03. The first-order chi connectivity index (χ1) is 16.0. The van der Waals surface area contributed by atoms with Crippen LogP contribution in [0.15, 0.2) is 91.1 Å². The Labute approximate surface area is 193 Å². The number of H-pyrrole nitrogens is 1. The molecule has 3 aromatic carbocycles. The highest BCUT2D eigenvalue weighted by Gasteiger charge is 2.30. The quantitative estimate of drug-likeness (QED) is 0.311. The Kier molecular flexibility index (Phi) is 6.43. The van der Waals surface area contributed by atoms with Crippen LogP contribution in [0, 0.1) is 11.5 Å². The molecule has 0 aliphatic heterocycles. The normalized spacial score (nSPS) is 11.9. The van der Waals surface area contributed by atoms with Gasteiger partial charge in [-0.2, -0.15) is 0 Å². The van der Waals surface area contributed by atoms with Gasteiger partial charge in [-0.25, -0.2) is 4.79 Å². The van der Waals surface area contributed by atoms with Crippen LogP contribution in [0.3, 0.4) is 0 Å². The summed E-state index contributed by atoms with van der Waals surface area (Å²) < 4.78 is 0. The first kappa shape index (κ1) is 22.1. The molecule has 3 N–H and O–H groups in total. The predicted octanol–water partition coefficient (Wildman–Crippen LogP) is 2.72. The van der Waals surface area contributed by atoms with Gasteiger partial charge in [-0.3, -0.25) is 4.79 Å². The molecule has 0 spiro atoms. The summed E-state index contributed by atoms with van der Waals surface area (Å²) in [6, 6.07) is 26.5. The number of aromatic amines is 1. The molecule has 0 aliphatic carbocycles. The van der Waals surface area contributed by atoms with E-state index in [1.807, 2.05) is 84.9 Å². The molecule has 0 aliphatic rings. The molecule has 1 atom stereocenters. The van der Waals surface area contributed by atoms with E-state index in [1.165, 1.54) is 0 Å². The van der Waals surface area contributed by atoms with E-state index in [0.29, 0.717) is 0 Å². The van der Waals surface area contributed by atoms with E-state index in [1.54, 1.807) is 6.20 Å². The van der Waals surface area contributed by atoms with Crippen molar-refractivity contribution >= 4 is 41.2 Å². The van der Waals surface area contributed by atoms with E-state index in [9.17, 15) is 14.7 Å². The molecule has 0 saturated heterocycles. The number of carboxylic acids is 1. The molecule has 5 nitrogen and oxygen atoms in total. The van der Waals surface area contributed by atoms with Crippen LogP contribution in [0.1, 0.15) is 5.56 Å². The minimum atomic E-state index is -2.52. The largest absolute Gasteiger partial charge is 0.480 e. The average Bonchev–Trinajstić information content (AvgIpc) is 3.26. The van der Waals surface area contributed by atoms with Gasteiger partial charge in [0, 0.05) is 23.5 Å². The zero-order chi connectivity index (χ0) is 23.3. The number of hydrogen-bond donors (Lipinski definition) is 3. The topological polar surface area (TPSA) is 82.2 Å². The van der Waals surface area contributed by atoms with Gasteiger partial charge in [0.1, 0.15) is 6.04 Å². The number of hydrogen-bond acceptors (Lipinski definition) is 2. The molecule has 164 valence electrons. The maximum absolute atomic E-state index is 12.7. The van der Waals surface area contributed by atoms with Crippen molar-refractivity contribution in [3.63, 3.8) is 0 Å². The van der Waals surface area contributed by atoms with Gasteiger partial charge in [0.2, 0.25) is 0 Å². The smallest absolute Gasteiger partial charge is 0.326 e. The van der Waals surface area contributed by atoms with Gasteiger partial charge in [-0.05, 0) is 27.9 Å². The van der Waals surface area contributed by atoms with Crippen LogP contribution in [-0.4, -0.2) is 36.1 Å². The summed E-state index contributed by atoms with van der Waals surface area (Å²) in [5, 5.41) is 15.4. The van der Waals surface area contributed by atoms with E-state index in [4.69, 9.17) is 0 Å². The number of carbonyl (C=O) groups is 2. The molecular weight excluding hydrogens is 428 g/mol. The highest BCUT2D eigenvalue weighted by Crippen LogP contribution is 2.19. The van der Waals surface area contributed by atoms with Gasteiger partial charge >= 0.3 is 5.97 Å². The summed E-state index contributed by atoms with van der Waals surface area (Å²) in [6.07, 6.45) is 1.95. The van der Waals surface area contributed by atoms with Crippen molar-refractivity contribution in [1.82, 2.24) is 10.3 Å². The number of benzene rings is 3. The molecule has 1 unspecified atom stereocenters. The summed E-state index contributed by atoms with van der Waals surface area (Å²) >= 11 is 0. The van der Waals surface area contributed by atoms with Crippen molar-refractivity contribution in [2.75, 3.05) is 0 Å². The van der Waals surface area contributed by atoms with Crippen LogP contribution in [0.2, 0.25) is 6.55 Å². The summed E-state index contributed by atoms with van der Waals surface area (Å²) in [4.78, 5) is 27.7. The first-order valence-electron chi connectivity index (χ1n) is 10.7. The van der Waals surface area contributed by atoms with E-state index in [2.05, 4.69) is 28.3 Å². The second-order valence-corrected chi connectivity index (χ2v) is 11.7. The van der Waals surface area contributed by atoms with Crippen LogP contribution in [0.4, 0.5) is 0 Å². The van der Waals surface area contributed by atoms with Crippen LogP contribution >= 0.6 is 0 Å². The molecule has 0 fully saturated rings. The molecule has 1 amide bonds. The highest BCUT2D eigenvalue weighted by atomic mass is 28.3. The van der Waals surface area contributed by atoms with Gasteiger partial charge < -0.3 is 15.4 Å². The zero-order valence-corrected chi connectivity index (χ0v) is 19.2. The number of para-hydroxylation sites is 1. The van der Waals surface area contributed by atoms with Gasteiger partial charge in [-0.15, -0.1) is 5.54 Å². The lowest BCUT2D eigenvalue weighted by atomic mass is 10.1. The Morgan fingerprint density at radius 3 is 2.12 bits per heavy atom. The fourth-order valence-corrected chi connectivity index (χ4v) is 6.65. The van der Waals surface area contributed by atoms with Crippen LogP contribution in [0.5, 0.6) is 0 Å². The Morgan fingerprint density at radius 1 is 0.939 bits per heavy atom. The van der Waals surface area contributed by atoms with Gasteiger partial charge in [0.15, 0.2) is 8.07 Å². The van der Waals surface area contributed by atoms with E-state index >= 15 is 0 Å². The SMILES string of the molecule is C[Si](C#CC(=O)NC(Cc1c[nH]c2ccccc12)C(=O)O)(c1ccccc1)c1ccccc1. The van der Waals surface area contributed by atoms with Crippen molar-refractivity contribution in [1.29, 1.82) is 0 Å². The molecule has 0 saturated carbocycles. The third-order valence-electron chi connectivity index (χ3n) is 5.83. The third kappa shape index (κ3) is 4.89. The fraction of sp³-hybridized carbons (Fsp3) is 0.111. The van der Waals surface area contributed by atoms with Crippen LogP contribution < -0.4 is 15.7 Å². The lowest BCUT2D eigenvalue weighted by Crippen LogP contribution is -2.55. The van der Waals surface area contributed by atoms with Gasteiger partial charge in [0.05, 0.1) is 0 Å². The average molecular weight is 453 g/mol. The number of aliphatic carboxylic acids is 1. The number of carboxylic acid groups (broad SMARTS) is 1. The minimum absolute atomic E-state index is 0.166. The molecule has 0 radical (unpaired) electrons. The molecule has 6 heteroatoms. The van der Waals surface area contributed by atoms with Crippen molar-refractivity contribution < 1.29 is 14.7 Å². The number of carbonyl (C=O) groups excluding carboxylic acids is 1. The molecule has 1 aromatic heterocycles. The Bertz CT molecular complexity index is 1300. The summed E-state index contributed by atoms with van der Waals surface area (Å²) in [7, 11) is -2.52. The Hall–Kier alpha value is -4.08. The monoisotopic (exact) mass is 452 g/mol. The maximum atomic E-state index is 12.7. The molecule has 4 rings (SSSR count). The highest BCUT2D eigenvalue weighted by molar-refractivity contribution is 7.07. The van der Waals surface area contributed by atoms with E-state index in [0.717, 1.165) is 26.8 Å². The molecular formula is C27H24N2O3Si.